The van der Waals surface area contributed by atoms with Gasteiger partial charge < -0.3 is 5.32 Å². The van der Waals surface area contributed by atoms with Crippen molar-refractivity contribution in [2.45, 2.75) is 40.7 Å². The van der Waals surface area contributed by atoms with Crippen molar-refractivity contribution in [3.05, 3.63) is 28.5 Å². The maximum absolute atomic E-state index is 12.0. The van der Waals surface area contributed by atoms with E-state index in [1.54, 1.807) is 12.1 Å². The zero-order chi connectivity index (χ0) is 13.2. The van der Waals surface area contributed by atoms with Gasteiger partial charge in [-0.25, -0.2) is 4.98 Å². The molecule has 17 heavy (non-hydrogen) atoms. The smallest absolute Gasteiger partial charge is 0.251 e. The first-order valence-corrected chi connectivity index (χ1v) is 6.03. The summed E-state index contributed by atoms with van der Waals surface area (Å²) in [5, 5.41) is 3.31. The van der Waals surface area contributed by atoms with Crippen molar-refractivity contribution in [1.82, 2.24) is 10.3 Å². The number of rotatable bonds is 2. The Kier molecular flexibility index (Phi) is 4.15. The number of nitrogens with one attached hydrogen (secondary N) is 1. The largest absolute Gasteiger partial charge is 0.349 e. The summed E-state index contributed by atoms with van der Waals surface area (Å²) in [5.74, 6) is -0.111. The van der Waals surface area contributed by atoms with Crippen LogP contribution in [0.5, 0.6) is 0 Å². The van der Waals surface area contributed by atoms with Gasteiger partial charge in [-0.15, -0.1) is 0 Å². The molecular weight excluding hydrogens is 236 g/mol. The van der Waals surface area contributed by atoms with Gasteiger partial charge in [-0.2, -0.15) is 0 Å². The monoisotopic (exact) mass is 254 g/mol. The van der Waals surface area contributed by atoms with E-state index in [2.05, 4.69) is 31.1 Å². The first-order chi connectivity index (χ1) is 7.70. The number of nitrogens with zero attached hydrogens (tertiary/aromatic N) is 1. The van der Waals surface area contributed by atoms with E-state index in [0.29, 0.717) is 10.7 Å². The molecular formula is C13H19ClN2O. The lowest BCUT2D eigenvalue weighted by Gasteiger charge is -2.28. The van der Waals surface area contributed by atoms with Crippen molar-refractivity contribution in [3.8, 4) is 0 Å². The SMILES string of the molecule is Cc1cc(C(=O)NC(C)C(C)(C)C)cc(Cl)n1. The van der Waals surface area contributed by atoms with Gasteiger partial charge in [-0.3, -0.25) is 4.79 Å². The van der Waals surface area contributed by atoms with Crippen LogP contribution < -0.4 is 5.32 Å². The van der Waals surface area contributed by atoms with Crippen LogP contribution in [-0.2, 0) is 0 Å². The predicted octanol–water partition coefficient (Wildman–Crippen LogP) is 3.21. The Morgan fingerprint density at radius 2 is 2.00 bits per heavy atom. The summed E-state index contributed by atoms with van der Waals surface area (Å²) in [4.78, 5) is 16.0. The molecule has 0 radical (unpaired) electrons. The van der Waals surface area contributed by atoms with Crippen molar-refractivity contribution in [1.29, 1.82) is 0 Å². The quantitative estimate of drug-likeness (QED) is 0.824. The Morgan fingerprint density at radius 1 is 1.41 bits per heavy atom. The Morgan fingerprint density at radius 3 is 2.47 bits per heavy atom. The molecule has 1 atom stereocenters. The lowest BCUT2D eigenvalue weighted by Crippen LogP contribution is -2.41. The van der Waals surface area contributed by atoms with E-state index in [1.165, 1.54) is 0 Å². The van der Waals surface area contributed by atoms with Crippen molar-refractivity contribution < 1.29 is 4.79 Å². The summed E-state index contributed by atoms with van der Waals surface area (Å²) in [6.07, 6.45) is 0. The second kappa shape index (κ2) is 5.05. The van der Waals surface area contributed by atoms with E-state index in [9.17, 15) is 4.79 Å². The number of hydrogen-bond acceptors (Lipinski definition) is 2. The molecule has 1 unspecified atom stereocenters. The van der Waals surface area contributed by atoms with Crippen LogP contribution in [0.4, 0.5) is 0 Å². The predicted molar refractivity (Wildman–Crippen MR) is 70.4 cm³/mol. The molecule has 0 aliphatic carbocycles. The Balaban J connectivity index is 2.84. The van der Waals surface area contributed by atoms with E-state index >= 15 is 0 Å². The molecule has 1 rings (SSSR count). The molecule has 1 heterocycles. The molecule has 0 aliphatic heterocycles. The zero-order valence-corrected chi connectivity index (χ0v) is 11.7. The highest BCUT2D eigenvalue weighted by atomic mass is 35.5. The lowest BCUT2D eigenvalue weighted by molar-refractivity contribution is 0.0910. The third kappa shape index (κ3) is 4.00. The zero-order valence-electron chi connectivity index (χ0n) is 11.0. The molecule has 1 aromatic heterocycles. The Bertz CT molecular complexity index is 404. The first kappa shape index (κ1) is 14.0. The number of pyridine rings is 1. The summed E-state index contributed by atoms with van der Waals surface area (Å²) in [6.45, 7) is 10.1. The van der Waals surface area contributed by atoms with Gasteiger partial charge in [-0.1, -0.05) is 32.4 Å². The molecule has 0 saturated heterocycles. The topological polar surface area (TPSA) is 42.0 Å². The van der Waals surface area contributed by atoms with E-state index in [-0.39, 0.29) is 17.4 Å². The van der Waals surface area contributed by atoms with E-state index in [4.69, 9.17) is 11.6 Å². The van der Waals surface area contributed by atoms with Crippen molar-refractivity contribution in [3.63, 3.8) is 0 Å². The van der Waals surface area contributed by atoms with Crippen LogP contribution in [0.1, 0.15) is 43.7 Å². The lowest BCUT2D eigenvalue weighted by atomic mass is 9.88. The van der Waals surface area contributed by atoms with Gasteiger partial charge in [0.05, 0.1) is 0 Å². The van der Waals surface area contributed by atoms with Gasteiger partial charge in [0.25, 0.3) is 5.91 Å². The van der Waals surface area contributed by atoms with Crippen LogP contribution >= 0.6 is 11.6 Å². The van der Waals surface area contributed by atoms with Crippen molar-refractivity contribution >= 4 is 17.5 Å². The van der Waals surface area contributed by atoms with E-state index in [0.717, 1.165) is 5.69 Å². The van der Waals surface area contributed by atoms with Gasteiger partial charge in [0, 0.05) is 17.3 Å². The minimum Gasteiger partial charge on any atom is -0.349 e. The van der Waals surface area contributed by atoms with Crippen LogP contribution in [0.25, 0.3) is 0 Å². The average molecular weight is 255 g/mol. The molecule has 1 aromatic rings. The normalized spacial score (nSPS) is 13.3. The van der Waals surface area contributed by atoms with Crippen LogP contribution in [0.15, 0.2) is 12.1 Å². The van der Waals surface area contributed by atoms with Crippen LogP contribution in [0.3, 0.4) is 0 Å². The molecule has 0 spiro atoms. The molecule has 94 valence electrons. The fraction of sp³-hybridized carbons (Fsp3) is 0.538. The molecule has 0 saturated carbocycles. The maximum atomic E-state index is 12.0. The summed E-state index contributed by atoms with van der Waals surface area (Å²) in [7, 11) is 0. The van der Waals surface area contributed by atoms with Gasteiger partial charge in [0.1, 0.15) is 5.15 Å². The maximum Gasteiger partial charge on any atom is 0.251 e. The highest BCUT2D eigenvalue weighted by Crippen LogP contribution is 2.19. The number of hydrogen-bond donors (Lipinski definition) is 1. The van der Waals surface area contributed by atoms with E-state index < -0.39 is 0 Å². The van der Waals surface area contributed by atoms with Crippen LogP contribution in [0, 0.1) is 12.3 Å². The third-order valence-corrected chi connectivity index (χ3v) is 3.02. The Labute approximate surface area is 108 Å². The first-order valence-electron chi connectivity index (χ1n) is 5.65. The molecule has 0 fully saturated rings. The second-order valence-electron chi connectivity index (χ2n) is 5.38. The minimum atomic E-state index is -0.111. The highest BCUT2D eigenvalue weighted by Gasteiger charge is 2.22. The fourth-order valence-electron chi connectivity index (χ4n) is 1.26. The summed E-state index contributed by atoms with van der Waals surface area (Å²) < 4.78 is 0. The highest BCUT2D eigenvalue weighted by molar-refractivity contribution is 6.29. The van der Waals surface area contributed by atoms with Crippen molar-refractivity contribution in [2.24, 2.45) is 5.41 Å². The van der Waals surface area contributed by atoms with Crippen LogP contribution in [-0.4, -0.2) is 16.9 Å². The molecule has 1 N–H and O–H groups in total. The number of aromatic nitrogens is 1. The van der Waals surface area contributed by atoms with Gasteiger partial charge in [0.15, 0.2) is 0 Å². The van der Waals surface area contributed by atoms with Gasteiger partial charge in [0.2, 0.25) is 0 Å². The van der Waals surface area contributed by atoms with Gasteiger partial charge >= 0.3 is 0 Å². The van der Waals surface area contributed by atoms with Crippen LogP contribution in [0.2, 0.25) is 5.15 Å². The molecule has 4 heteroatoms. The standard InChI is InChI=1S/C13H19ClN2O/c1-8-6-10(7-11(14)15-8)12(17)16-9(2)13(3,4)5/h6-7,9H,1-5H3,(H,16,17). The van der Waals surface area contributed by atoms with E-state index in [1.807, 2.05) is 13.8 Å². The number of aryl methyl sites for hydroxylation is 1. The molecule has 3 nitrogen and oxygen atoms in total. The minimum absolute atomic E-state index is 0.0293. The molecule has 0 aliphatic rings. The number of halogens is 1. The number of carbonyl (C=O) groups excluding carboxylic acids is 1. The summed E-state index contributed by atoms with van der Waals surface area (Å²) in [5.41, 5.74) is 1.33. The molecule has 0 aromatic carbocycles. The number of amides is 1. The third-order valence-electron chi connectivity index (χ3n) is 2.83. The summed E-state index contributed by atoms with van der Waals surface area (Å²) >= 11 is 5.83. The molecule has 1 amide bonds. The molecule has 0 bridgehead atoms. The summed E-state index contributed by atoms with van der Waals surface area (Å²) in [6, 6.07) is 3.40. The number of carbonyl (C=O) groups is 1. The van der Waals surface area contributed by atoms with Crippen molar-refractivity contribution in [2.75, 3.05) is 0 Å². The second-order valence-corrected chi connectivity index (χ2v) is 5.77. The average Bonchev–Trinajstić information content (AvgIpc) is 2.14. The van der Waals surface area contributed by atoms with Gasteiger partial charge in [-0.05, 0) is 31.4 Å². The fourth-order valence-corrected chi connectivity index (χ4v) is 1.51. The Hall–Kier alpha value is -1.09.